The average molecular weight is 271 g/mol. The van der Waals surface area contributed by atoms with E-state index in [1.165, 1.54) is 0 Å². The molecule has 20 heavy (non-hydrogen) atoms. The largest absolute Gasteiger partial charge is 0.341 e. The van der Waals surface area contributed by atoms with Crippen LogP contribution >= 0.6 is 0 Å². The number of amides is 1. The van der Waals surface area contributed by atoms with Gasteiger partial charge in [0.1, 0.15) is 0 Å². The second-order valence-electron chi connectivity index (χ2n) is 5.48. The van der Waals surface area contributed by atoms with Crippen molar-refractivity contribution < 1.29 is 4.79 Å². The van der Waals surface area contributed by atoms with E-state index in [0.29, 0.717) is 24.4 Å². The van der Waals surface area contributed by atoms with Gasteiger partial charge in [-0.25, -0.2) is 0 Å². The maximum Gasteiger partial charge on any atom is 0.222 e. The van der Waals surface area contributed by atoms with E-state index in [9.17, 15) is 4.79 Å². The topological polar surface area (TPSA) is 56.1 Å². The molecule has 0 aliphatic carbocycles. The van der Waals surface area contributed by atoms with Crippen molar-refractivity contribution in [3.05, 3.63) is 35.4 Å². The van der Waals surface area contributed by atoms with E-state index in [1.807, 2.05) is 19.2 Å². The Kier molecular flexibility index (Phi) is 5.14. The number of carbonyl (C=O) groups is 1. The van der Waals surface area contributed by atoms with Crippen molar-refractivity contribution in [2.75, 3.05) is 20.1 Å². The monoisotopic (exact) mass is 271 g/mol. The first-order valence-corrected chi connectivity index (χ1v) is 7.13. The van der Waals surface area contributed by atoms with Crippen LogP contribution in [-0.2, 0) is 11.3 Å². The SMILES string of the molecule is CN(Cc1ccc(C#N)cc1)C(=O)CC1CCCNC1. The quantitative estimate of drug-likeness (QED) is 0.910. The first kappa shape index (κ1) is 14.5. The maximum atomic E-state index is 12.2. The highest BCUT2D eigenvalue weighted by atomic mass is 16.2. The molecule has 2 rings (SSSR count). The predicted molar refractivity (Wildman–Crippen MR) is 77.8 cm³/mol. The van der Waals surface area contributed by atoms with Gasteiger partial charge in [-0.15, -0.1) is 0 Å². The van der Waals surface area contributed by atoms with Crippen LogP contribution in [0.1, 0.15) is 30.4 Å². The molecule has 0 bridgehead atoms. The van der Waals surface area contributed by atoms with E-state index >= 15 is 0 Å². The van der Waals surface area contributed by atoms with E-state index < -0.39 is 0 Å². The molecular weight excluding hydrogens is 250 g/mol. The number of carbonyl (C=O) groups excluding carboxylic acids is 1. The molecule has 1 aliphatic rings. The fraction of sp³-hybridized carbons (Fsp3) is 0.500. The van der Waals surface area contributed by atoms with Gasteiger partial charge in [-0.3, -0.25) is 4.79 Å². The minimum atomic E-state index is 0.197. The van der Waals surface area contributed by atoms with Gasteiger partial charge >= 0.3 is 0 Å². The smallest absolute Gasteiger partial charge is 0.222 e. The molecule has 1 aliphatic heterocycles. The Labute approximate surface area is 120 Å². The third-order valence-electron chi connectivity index (χ3n) is 3.79. The second kappa shape index (κ2) is 7.06. The fourth-order valence-corrected chi connectivity index (χ4v) is 2.55. The highest BCUT2D eigenvalue weighted by molar-refractivity contribution is 5.76. The van der Waals surface area contributed by atoms with Crippen molar-refractivity contribution >= 4 is 5.91 Å². The van der Waals surface area contributed by atoms with Crippen LogP contribution in [0.25, 0.3) is 0 Å². The number of piperidine rings is 1. The normalized spacial score (nSPS) is 18.3. The summed E-state index contributed by atoms with van der Waals surface area (Å²) in [4.78, 5) is 14.0. The summed E-state index contributed by atoms with van der Waals surface area (Å²) >= 11 is 0. The van der Waals surface area contributed by atoms with Gasteiger partial charge in [0.25, 0.3) is 0 Å². The first-order chi connectivity index (χ1) is 9.69. The second-order valence-corrected chi connectivity index (χ2v) is 5.48. The third-order valence-corrected chi connectivity index (χ3v) is 3.79. The summed E-state index contributed by atoms with van der Waals surface area (Å²) < 4.78 is 0. The lowest BCUT2D eigenvalue weighted by Gasteiger charge is -2.25. The molecule has 1 unspecified atom stereocenters. The zero-order valence-corrected chi connectivity index (χ0v) is 11.9. The Balaban J connectivity index is 1.84. The van der Waals surface area contributed by atoms with Crippen LogP contribution in [0.3, 0.4) is 0 Å². The summed E-state index contributed by atoms with van der Waals surface area (Å²) in [5.74, 6) is 0.669. The molecule has 1 fully saturated rings. The molecule has 1 saturated heterocycles. The molecule has 1 heterocycles. The van der Waals surface area contributed by atoms with Crippen molar-refractivity contribution in [2.24, 2.45) is 5.92 Å². The number of hydrogen-bond acceptors (Lipinski definition) is 3. The summed E-state index contributed by atoms with van der Waals surface area (Å²) in [6.45, 7) is 2.63. The van der Waals surface area contributed by atoms with Gasteiger partial charge in [0.2, 0.25) is 5.91 Å². The van der Waals surface area contributed by atoms with E-state index in [4.69, 9.17) is 5.26 Å². The Bertz CT molecular complexity index is 483. The zero-order valence-electron chi connectivity index (χ0n) is 11.9. The number of rotatable bonds is 4. The summed E-state index contributed by atoms with van der Waals surface area (Å²) in [5.41, 5.74) is 1.71. The third kappa shape index (κ3) is 4.07. The van der Waals surface area contributed by atoms with Gasteiger partial charge in [0, 0.05) is 20.0 Å². The molecular formula is C16H21N3O. The predicted octanol–water partition coefficient (Wildman–Crippen LogP) is 1.91. The molecule has 1 N–H and O–H groups in total. The van der Waals surface area contributed by atoms with Crippen molar-refractivity contribution in [2.45, 2.75) is 25.8 Å². The molecule has 0 saturated carbocycles. The van der Waals surface area contributed by atoms with Gasteiger partial charge in [-0.1, -0.05) is 12.1 Å². The number of nitrogens with zero attached hydrogens (tertiary/aromatic N) is 2. The van der Waals surface area contributed by atoms with Crippen LogP contribution in [0.4, 0.5) is 0 Å². The minimum Gasteiger partial charge on any atom is -0.341 e. The van der Waals surface area contributed by atoms with E-state index in [-0.39, 0.29) is 5.91 Å². The van der Waals surface area contributed by atoms with E-state index in [0.717, 1.165) is 31.5 Å². The molecule has 0 aromatic heterocycles. The number of nitrogens with one attached hydrogen (secondary N) is 1. The van der Waals surface area contributed by atoms with E-state index in [2.05, 4.69) is 11.4 Å². The highest BCUT2D eigenvalue weighted by Gasteiger charge is 2.19. The standard InChI is InChI=1S/C16H21N3O/c1-19(12-14-6-4-13(10-17)5-7-14)16(20)9-15-3-2-8-18-11-15/h4-7,15,18H,2-3,8-9,11-12H2,1H3. The lowest BCUT2D eigenvalue weighted by molar-refractivity contribution is -0.131. The molecule has 1 atom stereocenters. The van der Waals surface area contributed by atoms with Gasteiger partial charge in [0.05, 0.1) is 11.6 Å². The van der Waals surface area contributed by atoms with Crippen LogP contribution in [0.5, 0.6) is 0 Å². The highest BCUT2D eigenvalue weighted by Crippen LogP contribution is 2.16. The van der Waals surface area contributed by atoms with Crippen molar-refractivity contribution in [3.63, 3.8) is 0 Å². The molecule has 4 heteroatoms. The molecule has 0 spiro atoms. The summed E-state index contributed by atoms with van der Waals surface area (Å²) in [7, 11) is 1.84. The van der Waals surface area contributed by atoms with Crippen LogP contribution in [-0.4, -0.2) is 30.9 Å². The van der Waals surface area contributed by atoms with Crippen molar-refractivity contribution in [1.29, 1.82) is 5.26 Å². The Morgan fingerprint density at radius 3 is 2.80 bits per heavy atom. The molecule has 1 aromatic carbocycles. The van der Waals surface area contributed by atoms with E-state index in [1.54, 1.807) is 17.0 Å². The Morgan fingerprint density at radius 2 is 2.20 bits per heavy atom. The Morgan fingerprint density at radius 1 is 1.45 bits per heavy atom. The molecule has 1 amide bonds. The van der Waals surface area contributed by atoms with Crippen molar-refractivity contribution in [3.8, 4) is 6.07 Å². The molecule has 4 nitrogen and oxygen atoms in total. The number of hydrogen-bond donors (Lipinski definition) is 1. The van der Waals surface area contributed by atoms with Gasteiger partial charge in [0.15, 0.2) is 0 Å². The maximum absolute atomic E-state index is 12.2. The van der Waals surface area contributed by atoms with Crippen LogP contribution in [0, 0.1) is 17.2 Å². The van der Waals surface area contributed by atoms with Crippen LogP contribution < -0.4 is 5.32 Å². The average Bonchev–Trinajstić information content (AvgIpc) is 2.49. The van der Waals surface area contributed by atoms with Crippen LogP contribution in [0.15, 0.2) is 24.3 Å². The Hall–Kier alpha value is -1.86. The number of benzene rings is 1. The molecule has 106 valence electrons. The summed E-state index contributed by atoms with van der Waals surface area (Å²) in [6.07, 6.45) is 2.93. The van der Waals surface area contributed by atoms with Crippen LogP contribution in [0.2, 0.25) is 0 Å². The summed E-state index contributed by atoms with van der Waals surface area (Å²) in [6, 6.07) is 9.49. The zero-order chi connectivity index (χ0) is 14.4. The van der Waals surface area contributed by atoms with Gasteiger partial charge in [-0.2, -0.15) is 5.26 Å². The lowest BCUT2D eigenvalue weighted by atomic mass is 9.95. The minimum absolute atomic E-state index is 0.197. The van der Waals surface area contributed by atoms with Crippen molar-refractivity contribution in [1.82, 2.24) is 10.2 Å². The van der Waals surface area contributed by atoms with Gasteiger partial charge in [-0.05, 0) is 49.5 Å². The lowest BCUT2D eigenvalue weighted by Crippen LogP contribution is -2.34. The summed E-state index contributed by atoms with van der Waals surface area (Å²) in [5, 5.41) is 12.1. The first-order valence-electron chi connectivity index (χ1n) is 7.13. The molecule has 1 aromatic rings. The number of nitriles is 1. The molecule has 0 radical (unpaired) electrons. The van der Waals surface area contributed by atoms with Gasteiger partial charge < -0.3 is 10.2 Å². The fourth-order valence-electron chi connectivity index (χ4n) is 2.55.